The SMILES string of the molecule is CN1CCC(n2cc(Nc3nccc(-c4cc(C#N)c5c(c4)C(C)(CO)CN5)n3)cn2)CC1. The first-order valence-electron chi connectivity index (χ1n) is 11.3. The van der Waals surface area contributed by atoms with E-state index in [1.54, 1.807) is 12.4 Å². The molecule has 0 saturated carbocycles. The Morgan fingerprint density at radius 1 is 1.33 bits per heavy atom. The maximum absolute atomic E-state index is 9.95. The van der Waals surface area contributed by atoms with Crippen LogP contribution >= 0.6 is 0 Å². The van der Waals surface area contributed by atoms with Gasteiger partial charge in [0.15, 0.2) is 0 Å². The van der Waals surface area contributed by atoms with Gasteiger partial charge in [0.1, 0.15) is 6.07 Å². The molecule has 0 radical (unpaired) electrons. The predicted octanol–water partition coefficient (Wildman–Crippen LogP) is 2.90. The van der Waals surface area contributed by atoms with Gasteiger partial charge in [-0.25, -0.2) is 9.97 Å². The number of rotatable bonds is 5. The molecule has 170 valence electrons. The van der Waals surface area contributed by atoms with Gasteiger partial charge in [0, 0.05) is 29.9 Å². The molecule has 2 aliphatic heterocycles. The van der Waals surface area contributed by atoms with Crippen molar-refractivity contribution in [1.29, 1.82) is 5.26 Å². The van der Waals surface area contributed by atoms with Gasteiger partial charge in [0.2, 0.25) is 5.95 Å². The van der Waals surface area contributed by atoms with E-state index >= 15 is 0 Å². The number of aromatic nitrogens is 4. The fourth-order valence-electron chi connectivity index (χ4n) is 4.63. The summed E-state index contributed by atoms with van der Waals surface area (Å²) in [5.74, 6) is 0.470. The highest BCUT2D eigenvalue weighted by Gasteiger charge is 2.36. The summed E-state index contributed by atoms with van der Waals surface area (Å²) in [4.78, 5) is 11.4. The number of likely N-dealkylation sites (tertiary alicyclic amines) is 1. The summed E-state index contributed by atoms with van der Waals surface area (Å²) in [7, 11) is 2.15. The Labute approximate surface area is 193 Å². The van der Waals surface area contributed by atoms with Gasteiger partial charge in [0.05, 0.1) is 41.5 Å². The van der Waals surface area contributed by atoms with Gasteiger partial charge in [-0.2, -0.15) is 10.4 Å². The predicted molar refractivity (Wildman–Crippen MR) is 126 cm³/mol. The van der Waals surface area contributed by atoms with Crippen LogP contribution in [0.3, 0.4) is 0 Å². The highest BCUT2D eigenvalue weighted by atomic mass is 16.3. The number of fused-ring (bicyclic) bond motifs is 1. The van der Waals surface area contributed by atoms with Gasteiger partial charge in [-0.3, -0.25) is 4.68 Å². The molecule has 1 fully saturated rings. The van der Waals surface area contributed by atoms with E-state index in [0.29, 0.717) is 29.8 Å². The first-order valence-corrected chi connectivity index (χ1v) is 11.3. The summed E-state index contributed by atoms with van der Waals surface area (Å²) in [6.07, 6.45) is 7.69. The molecule has 1 atom stereocenters. The smallest absolute Gasteiger partial charge is 0.227 e. The minimum absolute atomic E-state index is 0.000821. The van der Waals surface area contributed by atoms with Gasteiger partial charge < -0.3 is 20.6 Å². The maximum atomic E-state index is 9.95. The van der Waals surface area contributed by atoms with Crippen molar-refractivity contribution in [2.45, 2.75) is 31.2 Å². The Bertz CT molecular complexity index is 1210. The third-order valence-electron chi connectivity index (χ3n) is 6.78. The molecule has 0 bridgehead atoms. The summed E-state index contributed by atoms with van der Waals surface area (Å²) >= 11 is 0. The molecule has 33 heavy (non-hydrogen) atoms. The summed E-state index contributed by atoms with van der Waals surface area (Å²) < 4.78 is 2.03. The van der Waals surface area contributed by atoms with Gasteiger partial charge in [-0.1, -0.05) is 6.92 Å². The third-order valence-corrected chi connectivity index (χ3v) is 6.78. The first kappa shape index (κ1) is 21.4. The van der Waals surface area contributed by atoms with Crippen LogP contribution in [0.4, 0.5) is 17.3 Å². The average Bonchev–Trinajstić information content (AvgIpc) is 3.44. The summed E-state index contributed by atoms with van der Waals surface area (Å²) in [6.45, 7) is 4.74. The number of hydrogen-bond donors (Lipinski definition) is 3. The number of hydrogen-bond acceptors (Lipinski definition) is 8. The number of nitrogens with one attached hydrogen (secondary N) is 2. The van der Waals surface area contributed by atoms with Crippen molar-refractivity contribution in [1.82, 2.24) is 24.6 Å². The van der Waals surface area contributed by atoms with Gasteiger partial charge >= 0.3 is 0 Å². The number of nitrogens with zero attached hydrogens (tertiary/aromatic N) is 6. The van der Waals surface area contributed by atoms with E-state index in [1.807, 2.05) is 36.0 Å². The number of piperidine rings is 1. The minimum atomic E-state index is -0.437. The standard InChI is InChI=1S/C24H28N8O/c1-24(15-33)14-27-22-17(11-25)9-16(10-20(22)24)21-3-6-26-23(30-21)29-18-12-28-32(13-18)19-4-7-31(2)8-5-19/h3,6,9-10,12-13,19,27,33H,4-5,7-8,14-15H2,1-2H3,(H,26,29,30). The van der Waals surface area contributed by atoms with E-state index in [0.717, 1.165) is 48.4 Å². The second kappa shape index (κ2) is 8.46. The molecule has 9 heteroatoms. The zero-order valence-corrected chi connectivity index (χ0v) is 18.9. The van der Waals surface area contributed by atoms with Crippen molar-refractivity contribution in [2.75, 3.05) is 43.9 Å². The van der Waals surface area contributed by atoms with E-state index < -0.39 is 5.41 Å². The lowest BCUT2D eigenvalue weighted by molar-refractivity contribution is 0.212. The summed E-state index contributed by atoms with van der Waals surface area (Å²) in [5, 5.41) is 30.7. The zero-order valence-electron chi connectivity index (χ0n) is 18.9. The maximum Gasteiger partial charge on any atom is 0.227 e. The number of aliphatic hydroxyl groups excluding tert-OH is 1. The van der Waals surface area contributed by atoms with Crippen LogP contribution in [-0.2, 0) is 5.41 Å². The minimum Gasteiger partial charge on any atom is -0.395 e. The van der Waals surface area contributed by atoms with Crippen molar-refractivity contribution in [3.8, 4) is 17.3 Å². The number of benzene rings is 1. The van der Waals surface area contributed by atoms with Crippen molar-refractivity contribution >= 4 is 17.3 Å². The van der Waals surface area contributed by atoms with Crippen molar-refractivity contribution in [3.05, 3.63) is 47.9 Å². The molecule has 5 rings (SSSR count). The van der Waals surface area contributed by atoms with E-state index in [9.17, 15) is 10.4 Å². The molecule has 2 aromatic heterocycles. The van der Waals surface area contributed by atoms with E-state index in [-0.39, 0.29) is 6.61 Å². The normalized spacial score (nSPS) is 20.8. The third kappa shape index (κ3) is 4.03. The average molecular weight is 445 g/mol. The van der Waals surface area contributed by atoms with Crippen LogP contribution in [0, 0.1) is 11.3 Å². The van der Waals surface area contributed by atoms with E-state index in [1.165, 1.54) is 0 Å². The quantitative estimate of drug-likeness (QED) is 0.550. The topological polar surface area (TPSA) is 115 Å². The summed E-state index contributed by atoms with van der Waals surface area (Å²) in [5.41, 5.74) is 4.22. The molecule has 9 nitrogen and oxygen atoms in total. The van der Waals surface area contributed by atoms with Crippen LogP contribution in [-0.4, -0.2) is 63.0 Å². The highest BCUT2D eigenvalue weighted by molar-refractivity contribution is 5.76. The van der Waals surface area contributed by atoms with Crippen LogP contribution in [0.2, 0.25) is 0 Å². The van der Waals surface area contributed by atoms with Gasteiger partial charge in [0.25, 0.3) is 0 Å². The van der Waals surface area contributed by atoms with Gasteiger partial charge in [-0.15, -0.1) is 0 Å². The van der Waals surface area contributed by atoms with Crippen LogP contribution in [0.1, 0.15) is 36.9 Å². The second-order valence-electron chi connectivity index (χ2n) is 9.26. The van der Waals surface area contributed by atoms with Gasteiger partial charge in [-0.05, 0) is 56.7 Å². The lowest BCUT2D eigenvalue weighted by Gasteiger charge is -2.28. The molecule has 0 aliphatic carbocycles. The Morgan fingerprint density at radius 3 is 2.91 bits per heavy atom. The van der Waals surface area contributed by atoms with E-state index in [2.05, 4.69) is 43.7 Å². The first-order chi connectivity index (χ1) is 16.0. The Morgan fingerprint density at radius 2 is 2.15 bits per heavy atom. The second-order valence-corrected chi connectivity index (χ2v) is 9.26. The molecule has 4 heterocycles. The number of nitriles is 1. The highest BCUT2D eigenvalue weighted by Crippen LogP contribution is 2.41. The molecule has 3 aromatic rings. The van der Waals surface area contributed by atoms with Crippen molar-refractivity contribution < 1.29 is 5.11 Å². The van der Waals surface area contributed by atoms with E-state index in [4.69, 9.17) is 0 Å². The molecular weight excluding hydrogens is 416 g/mol. The lowest BCUT2D eigenvalue weighted by Crippen LogP contribution is -2.31. The largest absolute Gasteiger partial charge is 0.395 e. The summed E-state index contributed by atoms with van der Waals surface area (Å²) in [6, 6.07) is 8.36. The fourth-order valence-corrected chi connectivity index (χ4v) is 4.63. The Balaban J connectivity index is 1.40. The van der Waals surface area contributed by atoms with Crippen molar-refractivity contribution in [3.63, 3.8) is 0 Å². The molecule has 3 N–H and O–H groups in total. The molecule has 1 unspecified atom stereocenters. The molecule has 1 aromatic carbocycles. The number of anilines is 3. The molecular formula is C24H28N8O. The molecule has 0 amide bonds. The van der Waals surface area contributed by atoms with Crippen molar-refractivity contribution in [2.24, 2.45) is 0 Å². The molecule has 0 spiro atoms. The fraction of sp³-hybridized carbons (Fsp3) is 0.417. The van der Waals surface area contributed by atoms with Crippen LogP contribution in [0.15, 0.2) is 36.8 Å². The van der Waals surface area contributed by atoms with Crippen LogP contribution in [0.5, 0.6) is 0 Å². The Hall–Kier alpha value is -3.48. The Kier molecular flexibility index (Phi) is 5.48. The molecule has 1 saturated heterocycles. The lowest BCUT2D eigenvalue weighted by atomic mass is 9.83. The zero-order chi connectivity index (χ0) is 23.0. The van der Waals surface area contributed by atoms with Crippen LogP contribution < -0.4 is 10.6 Å². The van der Waals surface area contributed by atoms with Crippen LogP contribution in [0.25, 0.3) is 11.3 Å². The molecule has 2 aliphatic rings. The number of aliphatic hydroxyl groups is 1. The monoisotopic (exact) mass is 444 g/mol.